The number of carbonyl (C=O) groups is 4. The predicted molar refractivity (Wildman–Crippen MR) is 137 cm³/mol. The summed E-state index contributed by atoms with van der Waals surface area (Å²) < 4.78 is 5.79. The van der Waals surface area contributed by atoms with Crippen molar-refractivity contribution in [3.63, 3.8) is 0 Å². The zero-order valence-electron chi connectivity index (χ0n) is 20.8. The van der Waals surface area contributed by atoms with Crippen LogP contribution in [0.4, 0.5) is 0 Å². The number of carbonyl (C=O) groups excluding carboxylic acids is 3. The molecule has 198 valence electrons. The minimum Gasteiger partial charge on any atom is -0.481 e. The maximum Gasteiger partial charge on any atom is 0.305 e. The number of thiazole rings is 1. The van der Waals surface area contributed by atoms with Crippen molar-refractivity contribution >= 4 is 51.8 Å². The minimum absolute atomic E-state index is 0.0671. The van der Waals surface area contributed by atoms with Gasteiger partial charge in [-0.15, -0.1) is 23.1 Å². The van der Waals surface area contributed by atoms with E-state index in [1.165, 1.54) is 23.1 Å². The molecule has 6 atom stereocenters. The third-order valence-corrected chi connectivity index (χ3v) is 8.10. The number of hydrogen-bond acceptors (Lipinski definition) is 9. The van der Waals surface area contributed by atoms with Crippen molar-refractivity contribution < 1.29 is 29.0 Å². The number of fused-ring (bicyclic) bond motifs is 3. The Kier molecular flexibility index (Phi) is 9.85. The predicted octanol–water partition coefficient (Wildman–Crippen LogP) is 1.75. The smallest absolute Gasteiger partial charge is 0.305 e. The Morgan fingerprint density at radius 3 is 2.69 bits per heavy atom. The summed E-state index contributed by atoms with van der Waals surface area (Å²) in [5.41, 5.74) is 0.134. The van der Waals surface area contributed by atoms with E-state index < -0.39 is 24.0 Å². The molecule has 1 aromatic heterocycles. The van der Waals surface area contributed by atoms with Gasteiger partial charge in [-0.05, 0) is 19.8 Å². The molecule has 2 aliphatic heterocycles. The molecule has 3 rings (SSSR count). The summed E-state index contributed by atoms with van der Waals surface area (Å²) in [6, 6.07) is -2.29. The highest BCUT2D eigenvalue weighted by Crippen LogP contribution is 2.28. The SMILES string of the molecule is CC[C@H](C)[C@@H]1NC(=O)CC(C)OC[C@H](C)NC(=O)C2CSC(=N2)C(CC(=O)O)NC(=O)c2csc1n2. The van der Waals surface area contributed by atoms with Crippen molar-refractivity contribution in [3.05, 3.63) is 16.1 Å². The number of rotatable bonds is 4. The van der Waals surface area contributed by atoms with Crippen molar-refractivity contribution in [1.29, 1.82) is 0 Å². The molecule has 0 radical (unpaired) electrons. The molecule has 0 spiro atoms. The Bertz CT molecular complexity index is 1010. The zero-order valence-corrected chi connectivity index (χ0v) is 22.4. The number of aromatic nitrogens is 1. The molecule has 11 nitrogen and oxygen atoms in total. The van der Waals surface area contributed by atoms with Crippen LogP contribution in [0.5, 0.6) is 0 Å². The number of aliphatic carboxylic acids is 1. The van der Waals surface area contributed by atoms with Crippen LogP contribution in [0.15, 0.2) is 10.4 Å². The first-order valence-electron chi connectivity index (χ1n) is 12.0. The van der Waals surface area contributed by atoms with Crippen LogP contribution in [0.25, 0.3) is 0 Å². The van der Waals surface area contributed by atoms with Crippen molar-refractivity contribution in [3.8, 4) is 0 Å². The van der Waals surface area contributed by atoms with Gasteiger partial charge in [0.15, 0.2) is 0 Å². The van der Waals surface area contributed by atoms with Gasteiger partial charge in [-0.3, -0.25) is 24.2 Å². The molecule has 0 saturated carbocycles. The summed E-state index contributed by atoms with van der Waals surface area (Å²) in [6.45, 7) is 7.83. The van der Waals surface area contributed by atoms with Gasteiger partial charge in [0.2, 0.25) is 11.8 Å². The minimum atomic E-state index is -1.10. The average Bonchev–Trinajstić information content (AvgIpc) is 3.50. The molecule has 1 aromatic rings. The van der Waals surface area contributed by atoms with Gasteiger partial charge in [-0.1, -0.05) is 20.3 Å². The molecule has 2 aliphatic rings. The molecular formula is C23H33N5O6S2. The van der Waals surface area contributed by atoms with Crippen LogP contribution in [0, 0.1) is 5.92 Å². The maximum absolute atomic E-state index is 13.0. The molecule has 0 saturated heterocycles. The lowest BCUT2D eigenvalue weighted by molar-refractivity contribution is -0.137. The lowest BCUT2D eigenvalue weighted by atomic mass is 9.99. The van der Waals surface area contributed by atoms with E-state index >= 15 is 0 Å². The number of thioether (sulfide) groups is 1. The first-order chi connectivity index (χ1) is 17.1. The summed E-state index contributed by atoms with van der Waals surface area (Å²) in [5, 5.41) is 20.6. The maximum atomic E-state index is 13.0. The summed E-state index contributed by atoms with van der Waals surface area (Å²) in [5.74, 6) is -1.74. The highest BCUT2D eigenvalue weighted by atomic mass is 32.2. The second kappa shape index (κ2) is 12.6. The van der Waals surface area contributed by atoms with Crippen molar-refractivity contribution in [2.45, 2.75) is 77.2 Å². The van der Waals surface area contributed by atoms with Crippen molar-refractivity contribution in [2.24, 2.45) is 10.9 Å². The molecule has 0 fully saturated rings. The Balaban J connectivity index is 1.91. The monoisotopic (exact) mass is 539 g/mol. The van der Waals surface area contributed by atoms with E-state index in [1.54, 1.807) is 19.2 Å². The van der Waals surface area contributed by atoms with Crippen LogP contribution in [-0.4, -0.2) is 75.4 Å². The summed E-state index contributed by atoms with van der Waals surface area (Å²) >= 11 is 2.52. The number of aliphatic imine (C=N–C) groups is 1. The fraction of sp³-hybridized carbons (Fsp3) is 0.652. The lowest BCUT2D eigenvalue weighted by Gasteiger charge is -2.24. The van der Waals surface area contributed by atoms with Gasteiger partial charge >= 0.3 is 5.97 Å². The van der Waals surface area contributed by atoms with Gasteiger partial charge in [0.1, 0.15) is 16.7 Å². The average molecular weight is 540 g/mol. The second-order valence-corrected chi connectivity index (χ2v) is 11.1. The molecule has 3 amide bonds. The van der Waals surface area contributed by atoms with Gasteiger partial charge in [0, 0.05) is 17.2 Å². The largest absolute Gasteiger partial charge is 0.481 e. The van der Waals surface area contributed by atoms with Crippen LogP contribution < -0.4 is 16.0 Å². The quantitative estimate of drug-likeness (QED) is 0.450. The highest BCUT2D eigenvalue weighted by molar-refractivity contribution is 8.14. The number of nitrogens with zero attached hydrogens (tertiary/aromatic N) is 2. The molecule has 0 aliphatic carbocycles. The highest BCUT2D eigenvalue weighted by Gasteiger charge is 2.33. The number of hydrogen-bond donors (Lipinski definition) is 4. The van der Waals surface area contributed by atoms with Gasteiger partial charge in [0.25, 0.3) is 5.91 Å². The molecule has 4 bridgehead atoms. The number of carboxylic acids is 1. The fourth-order valence-corrected chi connectivity index (χ4v) is 5.86. The van der Waals surface area contributed by atoms with Gasteiger partial charge in [-0.25, -0.2) is 4.98 Å². The number of nitrogens with one attached hydrogen (secondary N) is 3. The first-order valence-corrected chi connectivity index (χ1v) is 13.8. The standard InChI is InChI=1S/C23H33N5O6S2/c1-5-11(2)19-23-27-16(10-36-23)21(33)25-14(7-18(30)31)22-26-15(9-35-22)20(32)24-12(3)8-34-13(4)6-17(29)28-19/h10-15,19H,5-9H2,1-4H3,(H,24,32)(H,25,33)(H,28,29)(H,30,31)/t11-,12-,13?,14?,15?,19-/m0/s1. The third-order valence-electron chi connectivity index (χ3n) is 6.00. The Morgan fingerprint density at radius 1 is 1.25 bits per heavy atom. The Hall–Kier alpha value is -2.51. The normalized spacial score (nSPS) is 29.1. The Labute approximate surface area is 218 Å². The summed E-state index contributed by atoms with van der Waals surface area (Å²) in [4.78, 5) is 58.8. The van der Waals surface area contributed by atoms with Crippen LogP contribution in [0.1, 0.15) is 68.5 Å². The van der Waals surface area contributed by atoms with Crippen LogP contribution in [0.2, 0.25) is 0 Å². The van der Waals surface area contributed by atoms with Crippen LogP contribution >= 0.6 is 23.1 Å². The van der Waals surface area contributed by atoms with E-state index in [-0.39, 0.29) is 61.1 Å². The molecule has 4 N–H and O–H groups in total. The fourth-order valence-electron chi connectivity index (χ4n) is 3.78. The molecule has 3 unspecified atom stereocenters. The summed E-state index contributed by atoms with van der Waals surface area (Å²) in [7, 11) is 0. The number of ether oxygens (including phenoxy) is 1. The molecule has 0 aromatic carbocycles. The number of carboxylic acid groups (broad SMARTS) is 1. The zero-order chi connectivity index (χ0) is 26.4. The van der Waals surface area contributed by atoms with E-state index in [1.807, 2.05) is 13.8 Å². The van der Waals surface area contributed by atoms with E-state index in [0.717, 1.165) is 6.42 Å². The topological polar surface area (TPSA) is 159 Å². The van der Waals surface area contributed by atoms with E-state index in [0.29, 0.717) is 15.8 Å². The van der Waals surface area contributed by atoms with E-state index in [2.05, 4.69) is 25.9 Å². The number of amides is 3. The molecule has 3 heterocycles. The summed E-state index contributed by atoms with van der Waals surface area (Å²) in [6.07, 6.45) is 0.172. The van der Waals surface area contributed by atoms with Crippen LogP contribution in [-0.2, 0) is 19.1 Å². The van der Waals surface area contributed by atoms with Gasteiger partial charge in [0.05, 0.1) is 42.7 Å². The van der Waals surface area contributed by atoms with Crippen molar-refractivity contribution in [2.75, 3.05) is 12.4 Å². The second-order valence-electron chi connectivity index (χ2n) is 9.18. The molecule has 13 heteroatoms. The lowest BCUT2D eigenvalue weighted by Crippen LogP contribution is -2.43. The van der Waals surface area contributed by atoms with Gasteiger partial charge in [-0.2, -0.15) is 0 Å². The van der Waals surface area contributed by atoms with Crippen molar-refractivity contribution in [1.82, 2.24) is 20.9 Å². The molecule has 36 heavy (non-hydrogen) atoms. The van der Waals surface area contributed by atoms with Crippen LogP contribution in [0.3, 0.4) is 0 Å². The van der Waals surface area contributed by atoms with E-state index in [9.17, 15) is 24.3 Å². The van der Waals surface area contributed by atoms with E-state index in [4.69, 9.17) is 4.74 Å². The Morgan fingerprint density at radius 2 is 2.00 bits per heavy atom. The third kappa shape index (κ3) is 7.50. The van der Waals surface area contributed by atoms with Gasteiger partial charge < -0.3 is 25.8 Å². The molecular weight excluding hydrogens is 506 g/mol. The first kappa shape index (κ1) is 28.1.